The number of nitrogens with two attached hydrogens (primary N) is 1. The van der Waals surface area contributed by atoms with Crippen molar-refractivity contribution >= 4 is 77.5 Å². The van der Waals surface area contributed by atoms with Crippen molar-refractivity contribution in [3.05, 3.63) is 99.0 Å². The number of carbonyl (C=O) groups excluding carboxylic acids is 3. The van der Waals surface area contributed by atoms with E-state index >= 15 is 0 Å². The third kappa shape index (κ3) is 8.62. The molecule has 2 atom stereocenters. The molecule has 3 aromatic rings. The van der Waals surface area contributed by atoms with Crippen molar-refractivity contribution in [1.29, 1.82) is 5.26 Å². The lowest BCUT2D eigenvalue weighted by Crippen LogP contribution is -2.53. The van der Waals surface area contributed by atoms with E-state index in [9.17, 15) is 29.5 Å². The average molecular weight is 723 g/mol. The predicted octanol–water partition coefficient (Wildman–Crippen LogP) is 3.39. The normalized spacial score (nSPS) is 17.1. The summed E-state index contributed by atoms with van der Waals surface area (Å²) in [4.78, 5) is 54.5. The van der Waals surface area contributed by atoms with Crippen LogP contribution in [0.15, 0.2) is 66.7 Å². The Morgan fingerprint density at radius 2 is 1.50 bits per heavy atom. The van der Waals surface area contributed by atoms with E-state index in [4.69, 9.17) is 23.2 Å². The van der Waals surface area contributed by atoms with Gasteiger partial charge in [-0.25, -0.2) is 14.5 Å². The molecule has 0 radical (unpaired) electrons. The number of carbonyl (C=O) groups is 4. The first-order chi connectivity index (χ1) is 19.1. The Morgan fingerprint density at radius 3 is 2.02 bits per heavy atom. The molecule has 0 saturated carbocycles. The lowest BCUT2D eigenvalue weighted by Gasteiger charge is -2.27. The van der Waals surface area contributed by atoms with E-state index in [1.165, 1.54) is 54.4 Å². The second kappa shape index (κ2) is 18.8. The molecule has 2 aliphatic heterocycles. The van der Waals surface area contributed by atoms with E-state index in [0.29, 0.717) is 11.1 Å². The van der Waals surface area contributed by atoms with Gasteiger partial charge in [0, 0.05) is 28.1 Å². The van der Waals surface area contributed by atoms with E-state index in [2.05, 4.69) is 11.1 Å². The number of hydrogen-bond donors (Lipinski definition) is 5. The van der Waals surface area contributed by atoms with Crippen LogP contribution in [0.3, 0.4) is 0 Å². The van der Waals surface area contributed by atoms with Crippen LogP contribution in [0.4, 0.5) is 10.5 Å². The first-order valence-corrected chi connectivity index (χ1v) is 12.7. The van der Waals surface area contributed by atoms with Crippen LogP contribution in [0.2, 0.25) is 10.0 Å². The van der Waals surface area contributed by atoms with Crippen LogP contribution < -0.4 is 28.3 Å². The van der Waals surface area contributed by atoms with Gasteiger partial charge in [-0.05, 0) is 61.1 Å². The number of hydrogen-bond acceptors (Lipinski definition) is 8. The van der Waals surface area contributed by atoms with Crippen molar-refractivity contribution in [2.75, 3.05) is 25.0 Å². The number of anilines is 1. The number of rotatable bonds is 4. The van der Waals surface area contributed by atoms with Crippen molar-refractivity contribution in [2.24, 2.45) is 5.73 Å². The molecule has 0 bridgehead atoms. The fraction of sp³-hybridized carbons (Fsp3) is 0.179. The zero-order valence-electron chi connectivity index (χ0n) is 24.3. The maximum absolute atomic E-state index is 14.0. The molecule has 3 aromatic carbocycles. The standard InChI is InChI=1S/C27H18Cl2N4O5.CH5N.2ClH.2H3N.2H2O/c28-19-9-20(29)11-21(10-19)33-25(37)27(31-26(33)38)14-32(13-22(27)16-6-4-15(12-30)5-7-16)23(34)17-2-1-3-18(8-17)24(35)36;1-2;;;;;;/h1-11,22H,13-14H2,(H,31,38)(H,35,36);2H2,1H3;2*1H;2*1H3;2*1H2/t22-,27+;;;;;;;/m0......./s1. The molecule has 0 aromatic heterocycles. The number of likely N-dealkylation sites (tertiary alicyclic amines) is 1. The highest BCUT2D eigenvalue weighted by atomic mass is 35.5. The summed E-state index contributed by atoms with van der Waals surface area (Å²) in [6.07, 6.45) is 0. The maximum Gasteiger partial charge on any atom is 0.335 e. The summed E-state index contributed by atoms with van der Waals surface area (Å²) in [6.45, 7) is -0.110. The highest BCUT2D eigenvalue weighted by molar-refractivity contribution is 6.36. The van der Waals surface area contributed by atoms with Crippen molar-refractivity contribution in [3.63, 3.8) is 0 Å². The number of aromatic carboxylic acids is 1. The highest BCUT2D eigenvalue weighted by Crippen LogP contribution is 2.42. The maximum atomic E-state index is 14.0. The SMILES string of the molecule is CN.Cl.Cl.N.N.N#Cc1ccc([C@@H]2CN(C(=O)c3cccc(C(=O)O)c3)C[C@@]23NC(=O)N(c2cc(Cl)cc(Cl)c2)C3=O)cc1.O.O. The van der Waals surface area contributed by atoms with Crippen LogP contribution in [0.25, 0.3) is 0 Å². The number of nitriles is 1. The Morgan fingerprint density at radius 1 is 0.957 bits per heavy atom. The summed E-state index contributed by atoms with van der Waals surface area (Å²) in [5, 5.41) is 21.8. The molecular formula is C28H35Cl4N7O7. The van der Waals surface area contributed by atoms with E-state index in [1.807, 2.05) is 6.07 Å². The third-order valence-corrected chi connectivity index (χ3v) is 7.18. The molecule has 0 unspecified atom stereocenters. The lowest BCUT2D eigenvalue weighted by molar-refractivity contribution is -0.122. The van der Waals surface area contributed by atoms with E-state index in [0.717, 1.165) is 4.90 Å². The van der Waals surface area contributed by atoms with Gasteiger partial charge >= 0.3 is 12.0 Å². The van der Waals surface area contributed by atoms with Gasteiger partial charge in [-0.3, -0.25) is 9.59 Å². The van der Waals surface area contributed by atoms with Crippen molar-refractivity contribution in [1.82, 2.24) is 22.5 Å². The topological polar surface area (TPSA) is 290 Å². The van der Waals surface area contributed by atoms with Gasteiger partial charge in [0.05, 0.1) is 29.4 Å². The lowest BCUT2D eigenvalue weighted by atomic mass is 9.81. The molecule has 18 heteroatoms. The van der Waals surface area contributed by atoms with Crippen molar-refractivity contribution in [2.45, 2.75) is 11.5 Å². The van der Waals surface area contributed by atoms with Gasteiger partial charge in [0.25, 0.3) is 11.8 Å². The summed E-state index contributed by atoms with van der Waals surface area (Å²) in [6, 6.07) is 17.9. The Bertz CT molecular complexity index is 1550. The summed E-state index contributed by atoms with van der Waals surface area (Å²) in [5.41, 5.74) is 4.28. The Balaban J connectivity index is -0.00000227. The van der Waals surface area contributed by atoms with Gasteiger partial charge in [-0.15, -0.1) is 24.8 Å². The van der Waals surface area contributed by atoms with E-state index in [-0.39, 0.29) is 88.0 Å². The van der Waals surface area contributed by atoms with Crippen molar-refractivity contribution < 1.29 is 35.2 Å². The third-order valence-electron chi connectivity index (χ3n) is 6.75. The second-order valence-corrected chi connectivity index (χ2v) is 9.90. The Labute approximate surface area is 287 Å². The van der Waals surface area contributed by atoms with Crippen LogP contribution >= 0.6 is 48.0 Å². The molecule has 5 rings (SSSR count). The smallest absolute Gasteiger partial charge is 0.335 e. The number of carboxylic acid groups (broad SMARTS) is 1. The Hall–Kier alpha value is -4.01. The summed E-state index contributed by atoms with van der Waals surface area (Å²) < 4.78 is 0. The molecule has 2 fully saturated rings. The van der Waals surface area contributed by atoms with Crippen LogP contribution in [-0.4, -0.2) is 70.4 Å². The minimum atomic E-state index is -1.53. The van der Waals surface area contributed by atoms with Gasteiger partial charge in [0.15, 0.2) is 0 Å². The predicted molar refractivity (Wildman–Crippen MR) is 180 cm³/mol. The van der Waals surface area contributed by atoms with Gasteiger partial charge in [0.1, 0.15) is 5.54 Å². The fourth-order valence-corrected chi connectivity index (χ4v) is 5.51. The number of benzene rings is 3. The van der Waals surface area contributed by atoms with Gasteiger partial charge in [0.2, 0.25) is 0 Å². The van der Waals surface area contributed by atoms with Crippen LogP contribution in [0.5, 0.6) is 0 Å². The molecule has 1 spiro atoms. The average Bonchev–Trinajstić information content (AvgIpc) is 3.45. The second-order valence-electron chi connectivity index (χ2n) is 9.03. The van der Waals surface area contributed by atoms with Gasteiger partial charge in [-0.1, -0.05) is 41.4 Å². The number of urea groups is 1. The number of nitrogens with zero attached hydrogens (tertiary/aromatic N) is 3. The molecule has 2 heterocycles. The number of imide groups is 1. The molecule has 14 nitrogen and oxygen atoms in total. The monoisotopic (exact) mass is 721 g/mol. The molecule has 46 heavy (non-hydrogen) atoms. The number of carboxylic acids is 1. The van der Waals surface area contributed by atoms with E-state index < -0.39 is 35.3 Å². The quantitative estimate of drug-likeness (QED) is 0.246. The molecule has 0 aliphatic carbocycles. The van der Waals surface area contributed by atoms with Crippen LogP contribution in [-0.2, 0) is 4.79 Å². The fourth-order valence-electron chi connectivity index (χ4n) is 4.99. The van der Waals surface area contributed by atoms with E-state index in [1.54, 1.807) is 24.3 Å². The van der Waals surface area contributed by atoms with Crippen LogP contribution in [0, 0.1) is 11.3 Å². The zero-order valence-corrected chi connectivity index (χ0v) is 27.5. The molecule has 252 valence electrons. The highest BCUT2D eigenvalue weighted by Gasteiger charge is 2.61. The molecule has 2 aliphatic rings. The van der Waals surface area contributed by atoms with Crippen molar-refractivity contribution in [3.8, 4) is 6.07 Å². The molecule has 2 saturated heterocycles. The van der Waals surface area contributed by atoms with Gasteiger partial charge < -0.3 is 44.3 Å². The zero-order chi connectivity index (χ0) is 29.2. The summed E-state index contributed by atoms with van der Waals surface area (Å²) in [5.74, 6) is -2.93. The summed E-state index contributed by atoms with van der Waals surface area (Å²) in [7, 11) is 1.50. The molecule has 4 amide bonds. The first kappa shape index (κ1) is 46.4. The number of nitrogens with one attached hydrogen (secondary N) is 1. The number of amides is 4. The van der Waals surface area contributed by atoms with Crippen LogP contribution in [0.1, 0.15) is 37.8 Å². The molecular weight excluding hydrogens is 688 g/mol. The molecule has 14 N–H and O–H groups in total. The first-order valence-electron chi connectivity index (χ1n) is 12.0. The Kier molecular flexibility index (Phi) is 19.0. The largest absolute Gasteiger partial charge is 0.478 e. The number of halogens is 4. The minimum absolute atomic E-state index is 0. The summed E-state index contributed by atoms with van der Waals surface area (Å²) >= 11 is 12.2. The minimum Gasteiger partial charge on any atom is -0.478 e. The van der Waals surface area contributed by atoms with Gasteiger partial charge in [-0.2, -0.15) is 5.26 Å².